The van der Waals surface area contributed by atoms with Crippen LogP contribution in [-0.4, -0.2) is 5.11 Å². The molecular formula is C14H20O. The van der Waals surface area contributed by atoms with Crippen LogP contribution in [-0.2, 0) is 6.42 Å². The maximum absolute atomic E-state index is 10.1. The summed E-state index contributed by atoms with van der Waals surface area (Å²) >= 11 is 0. The molecule has 15 heavy (non-hydrogen) atoms. The van der Waals surface area contributed by atoms with E-state index in [1.807, 2.05) is 18.2 Å². The average Bonchev–Trinajstić information content (AvgIpc) is 2.28. The summed E-state index contributed by atoms with van der Waals surface area (Å²) in [5.41, 5.74) is 3.39. The van der Waals surface area contributed by atoms with Crippen molar-refractivity contribution >= 4 is 0 Å². The Morgan fingerprint density at radius 1 is 1.33 bits per heavy atom. The molecule has 0 radical (unpaired) electrons. The van der Waals surface area contributed by atoms with Gasteiger partial charge in [-0.3, -0.25) is 0 Å². The molecule has 1 atom stereocenters. The van der Waals surface area contributed by atoms with E-state index in [4.69, 9.17) is 0 Å². The lowest BCUT2D eigenvalue weighted by atomic mass is 9.96. The number of aliphatic hydroxyl groups excluding tert-OH is 1. The van der Waals surface area contributed by atoms with Crippen LogP contribution in [0.2, 0.25) is 0 Å². The fourth-order valence-corrected chi connectivity index (χ4v) is 1.71. The molecule has 0 saturated carbocycles. The third-order valence-electron chi connectivity index (χ3n) is 2.78. The molecule has 0 aromatic heterocycles. The van der Waals surface area contributed by atoms with Gasteiger partial charge in [0.1, 0.15) is 0 Å². The lowest BCUT2D eigenvalue weighted by Gasteiger charge is -2.15. The zero-order valence-electron chi connectivity index (χ0n) is 9.66. The molecule has 0 spiro atoms. The molecule has 1 N–H and O–H groups in total. The molecular weight excluding hydrogens is 184 g/mol. The highest BCUT2D eigenvalue weighted by Crippen LogP contribution is 2.24. The van der Waals surface area contributed by atoms with Gasteiger partial charge in [0, 0.05) is 0 Å². The molecule has 1 unspecified atom stereocenters. The molecule has 1 aromatic carbocycles. The van der Waals surface area contributed by atoms with Crippen LogP contribution >= 0.6 is 0 Å². The first-order chi connectivity index (χ1) is 7.19. The van der Waals surface area contributed by atoms with Gasteiger partial charge in [-0.25, -0.2) is 0 Å². The van der Waals surface area contributed by atoms with Gasteiger partial charge in [0.15, 0.2) is 0 Å². The Hall–Kier alpha value is -1.08. The summed E-state index contributed by atoms with van der Waals surface area (Å²) in [5.74, 6) is 0. The largest absolute Gasteiger partial charge is 0.388 e. The second kappa shape index (κ2) is 5.72. The van der Waals surface area contributed by atoms with Gasteiger partial charge in [0.2, 0.25) is 0 Å². The summed E-state index contributed by atoms with van der Waals surface area (Å²) in [5, 5.41) is 10.1. The number of aliphatic hydroxyl groups is 1. The molecule has 0 fully saturated rings. The van der Waals surface area contributed by atoms with Gasteiger partial charge in [-0.2, -0.15) is 0 Å². The zero-order valence-corrected chi connectivity index (χ0v) is 9.66. The van der Waals surface area contributed by atoms with Gasteiger partial charge in [-0.05, 0) is 30.4 Å². The molecule has 1 heteroatoms. The Kier molecular flexibility index (Phi) is 4.57. The maximum Gasteiger partial charge on any atom is 0.0829 e. The number of rotatable bonds is 5. The summed E-state index contributed by atoms with van der Waals surface area (Å²) in [4.78, 5) is 0. The summed E-state index contributed by atoms with van der Waals surface area (Å²) in [7, 11) is 0. The van der Waals surface area contributed by atoms with Crippen LogP contribution in [0, 0.1) is 0 Å². The second-order valence-corrected chi connectivity index (χ2v) is 3.88. The Morgan fingerprint density at radius 3 is 2.60 bits per heavy atom. The molecule has 0 amide bonds. The first-order valence-corrected chi connectivity index (χ1v) is 5.61. The van der Waals surface area contributed by atoms with E-state index in [0.29, 0.717) is 6.42 Å². The molecule has 0 aliphatic rings. The monoisotopic (exact) mass is 204 g/mol. The third kappa shape index (κ3) is 3.21. The summed E-state index contributed by atoms with van der Waals surface area (Å²) in [6.07, 6.45) is 2.18. The lowest BCUT2D eigenvalue weighted by molar-refractivity contribution is 0.176. The summed E-state index contributed by atoms with van der Waals surface area (Å²) in [6.45, 7) is 8.12. The van der Waals surface area contributed by atoms with E-state index < -0.39 is 6.10 Å². The fourth-order valence-electron chi connectivity index (χ4n) is 1.71. The van der Waals surface area contributed by atoms with Crippen molar-refractivity contribution in [2.75, 3.05) is 0 Å². The first-order valence-electron chi connectivity index (χ1n) is 5.61. The van der Waals surface area contributed by atoms with Gasteiger partial charge in [0.05, 0.1) is 6.10 Å². The van der Waals surface area contributed by atoms with Crippen molar-refractivity contribution in [1.82, 2.24) is 0 Å². The second-order valence-electron chi connectivity index (χ2n) is 3.88. The van der Waals surface area contributed by atoms with Gasteiger partial charge < -0.3 is 5.11 Å². The van der Waals surface area contributed by atoms with Crippen molar-refractivity contribution in [3.05, 3.63) is 47.5 Å². The van der Waals surface area contributed by atoms with Crippen LogP contribution < -0.4 is 0 Å². The van der Waals surface area contributed by atoms with Crippen LogP contribution in [0.15, 0.2) is 36.4 Å². The quantitative estimate of drug-likeness (QED) is 0.726. The van der Waals surface area contributed by atoms with Crippen LogP contribution in [0.1, 0.15) is 43.9 Å². The highest BCUT2D eigenvalue weighted by Gasteiger charge is 2.11. The van der Waals surface area contributed by atoms with E-state index in [0.717, 1.165) is 24.0 Å². The molecule has 0 saturated heterocycles. The highest BCUT2D eigenvalue weighted by molar-refractivity contribution is 5.29. The van der Waals surface area contributed by atoms with Crippen molar-refractivity contribution in [3.8, 4) is 0 Å². The highest BCUT2D eigenvalue weighted by atomic mass is 16.3. The third-order valence-corrected chi connectivity index (χ3v) is 2.78. The minimum Gasteiger partial charge on any atom is -0.388 e. The van der Waals surface area contributed by atoms with E-state index in [-0.39, 0.29) is 0 Å². The normalized spacial score (nSPS) is 12.5. The predicted octanol–water partition coefficient (Wildman–Crippen LogP) is 3.64. The summed E-state index contributed by atoms with van der Waals surface area (Å²) < 4.78 is 0. The SMILES string of the molecule is C=C(CC)CC(O)c1ccccc1CC. The minimum absolute atomic E-state index is 0.395. The van der Waals surface area contributed by atoms with Crippen molar-refractivity contribution in [2.45, 2.75) is 39.2 Å². The van der Waals surface area contributed by atoms with Crippen LogP contribution in [0.25, 0.3) is 0 Å². The number of hydrogen-bond acceptors (Lipinski definition) is 1. The maximum atomic E-state index is 10.1. The lowest BCUT2D eigenvalue weighted by Crippen LogP contribution is -2.02. The topological polar surface area (TPSA) is 20.2 Å². The van der Waals surface area contributed by atoms with Crippen molar-refractivity contribution < 1.29 is 5.11 Å². The first kappa shape index (κ1) is 12.0. The Bertz CT molecular complexity index is 328. The van der Waals surface area contributed by atoms with Crippen LogP contribution in [0.4, 0.5) is 0 Å². The molecule has 1 nitrogen and oxygen atoms in total. The Balaban J connectivity index is 2.80. The van der Waals surface area contributed by atoms with Crippen molar-refractivity contribution in [2.24, 2.45) is 0 Å². The van der Waals surface area contributed by atoms with Gasteiger partial charge in [-0.1, -0.05) is 50.3 Å². The van der Waals surface area contributed by atoms with Gasteiger partial charge in [0.25, 0.3) is 0 Å². The van der Waals surface area contributed by atoms with E-state index in [1.54, 1.807) is 0 Å². The predicted molar refractivity (Wildman–Crippen MR) is 64.8 cm³/mol. The minimum atomic E-state index is -0.395. The molecule has 1 aromatic rings. The molecule has 0 heterocycles. The molecule has 0 aliphatic carbocycles. The Labute approximate surface area is 92.5 Å². The van der Waals surface area contributed by atoms with E-state index >= 15 is 0 Å². The number of hydrogen-bond donors (Lipinski definition) is 1. The standard InChI is InChI=1S/C14H20O/c1-4-11(3)10-14(15)13-9-7-6-8-12(13)5-2/h6-9,14-15H,3-5,10H2,1-2H3. The molecule has 82 valence electrons. The molecule has 1 rings (SSSR count). The smallest absolute Gasteiger partial charge is 0.0829 e. The summed E-state index contributed by atoms with van der Waals surface area (Å²) in [6, 6.07) is 8.08. The van der Waals surface area contributed by atoms with Gasteiger partial charge in [-0.15, -0.1) is 0 Å². The van der Waals surface area contributed by atoms with E-state index in [1.165, 1.54) is 5.56 Å². The molecule has 0 aliphatic heterocycles. The van der Waals surface area contributed by atoms with E-state index in [2.05, 4.69) is 26.5 Å². The number of benzene rings is 1. The fraction of sp³-hybridized carbons (Fsp3) is 0.429. The Morgan fingerprint density at radius 2 is 2.00 bits per heavy atom. The van der Waals surface area contributed by atoms with Crippen molar-refractivity contribution in [1.29, 1.82) is 0 Å². The van der Waals surface area contributed by atoms with Gasteiger partial charge >= 0.3 is 0 Å². The average molecular weight is 204 g/mol. The van der Waals surface area contributed by atoms with Crippen LogP contribution in [0.3, 0.4) is 0 Å². The van der Waals surface area contributed by atoms with Crippen molar-refractivity contribution in [3.63, 3.8) is 0 Å². The van der Waals surface area contributed by atoms with Crippen LogP contribution in [0.5, 0.6) is 0 Å². The van der Waals surface area contributed by atoms with E-state index in [9.17, 15) is 5.11 Å². The zero-order chi connectivity index (χ0) is 11.3. The number of aryl methyl sites for hydroxylation is 1. The molecule has 0 bridgehead atoms.